The van der Waals surface area contributed by atoms with Gasteiger partial charge in [0.15, 0.2) is 0 Å². The molecule has 1 saturated heterocycles. The number of carbonyl (C=O) groups is 9. The zero-order valence-electron chi connectivity index (χ0n) is 71.3. The molecule has 1 aliphatic heterocycles. The van der Waals surface area contributed by atoms with Gasteiger partial charge in [0.2, 0.25) is 31.0 Å². The Morgan fingerprint density at radius 3 is 1.56 bits per heavy atom. The van der Waals surface area contributed by atoms with Crippen LogP contribution in [0.2, 0.25) is 0 Å². The number of aliphatic imine (C=N–C) groups is 1. The Bertz CT molecular complexity index is 4440. The molecule has 9 rings (SSSR count). The van der Waals surface area contributed by atoms with Crippen LogP contribution in [0.5, 0.6) is 11.5 Å². The summed E-state index contributed by atoms with van der Waals surface area (Å²) in [6.07, 6.45) is -1.59. The summed E-state index contributed by atoms with van der Waals surface area (Å²) in [6.45, 7) is 10.2. The number of thioether (sulfide) groups is 1. The number of esters is 1. The third-order valence-electron chi connectivity index (χ3n) is 20.6. The summed E-state index contributed by atoms with van der Waals surface area (Å²) < 4.78 is 84.8. The fourth-order valence-corrected chi connectivity index (χ4v) is 16.7. The van der Waals surface area contributed by atoms with Gasteiger partial charge >= 0.3 is 24.1 Å². The molecule has 0 saturated carbocycles. The van der Waals surface area contributed by atoms with Gasteiger partial charge in [-0.25, -0.2) is 24.7 Å². The second-order valence-corrected chi connectivity index (χ2v) is 34.4. The van der Waals surface area contributed by atoms with Crippen LogP contribution in [0.3, 0.4) is 0 Å². The maximum Gasteiger partial charge on any atom is 0.435 e. The molecule has 6 aromatic rings. The number of aliphatic carboxylic acids is 1. The minimum Gasteiger partial charge on any atom is -0.491 e. The molecule has 1 fully saturated rings. The van der Waals surface area contributed by atoms with Crippen molar-refractivity contribution in [1.82, 2.24) is 26.3 Å². The zero-order chi connectivity index (χ0) is 88.6. The van der Waals surface area contributed by atoms with E-state index in [2.05, 4.69) is 26.4 Å². The number of carbonyl (C=O) groups excluding carboxylic acids is 8. The van der Waals surface area contributed by atoms with E-state index in [0.29, 0.717) is 17.7 Å². The molecule has 0 spiro atoms. The standard InChI is InChI=1S/C90H115N6O26PS.Fm/c1-61(2)51-75(83(86(103)95-109-6)64-31-50-124-58-64)79(97)52-78(90(3,4)5)85(102)92-33-37-110-40-41-112-38-34-96(81(99)56-115-44-46-117-59-123(107,108)60-118-47-45-116-57-82(100)101)35-39-113-42-43-114-55-80(98)91-32-36-111-48-49-119-65-27-25-63(26-28-65)87(104)122-66-29-23-62(24-30-66)84(93-88(105)120-53-76-71-19-11-7-15-67(71)68-16-8-12-20-72(68)76)94-89(106)121-54-77-73-21-13-9-17-69(73)70-18-10-14-22-74(70)77;/h7-30,61,64,75-78,83H,31-60H2,1-6H3,(H,91,98)(H,92,102)(H,95,103)(H,100,101)(H,107,108)(H,93,94,105,106);. The smallest absolute Gasteiger partial charge is 0.435 e. The first-order valence-corrected chi connectivity index (χ1v) is 44.6. The molecule has 3 aliphatic rings. The Morgan fingerprint density at radius 2 is 1.04 bits per heavy atom. The monoisotopic (exact) mass is 2020 g/mol. The zero-order valence-corrected chi connectivity index (χ0v) is 75.5. The van der Waals surface area contributed by atoms with Crippen molar-refractivity contribution in [3.05, 3.63) is 179 Å². The van der Waals surface area contributed by atoms with Crippen LogP contribution in [0.25, 0.3) is 22.3 Å². The molecule has 5 atom stereocenters. The first-order chi connectivity index (χ1) is 59.9. The van der Waals surface area contributed by atoms with Crippen LogP contribution in [0.1, 0.15) is 104 Å². The molecule has 0 bridgehead atoms. The minimum atomic E-state index is -3.86. The van der Waals surface area contributed by atoms with Crippen LogP contribution in [-0.2, 0) is 90.3 Å². The van der Waals surface area contributed by atoms with Crippen molar-refractivity contribution in [2.45, 2.75) is 65.7 Å². The number of Topliss-reactive ketones (excluding diaryl/α,β-unsaturated/α-hetero) is 1. The van der Waals surface area contributed by atoms with Crippen LogP contribution >= 0.6 is 19.1 Å². The number of benzene rings is 6. The number of amidine groups is 1. The summed E-state index contributed by atoms with van der Waals surface area (Å²) in [4.78, 5) is 140. The van der Waals surface area contributed by atoms with Gasteiger partial charge in [0.1, 0.15) is 75.5 Å². The van der Waals surface area contributed by atoms with Crippen LogP contribution in [-0.4, -0.2) is 257 Å². The maximum atomic E-state index is 14.3. The molecule has 32 nitrogen and oxygen atoms in total. The molecule has 0 aromatic heterocycles. The molecule has 6 amide bonds. The van der Waals surface area contributed by atoms with Crippen LogP contribution < -0.4 is 30.9 Å². The van der Waals surface area contributed by atoms with Gasteiger partial charge in [0.25, 0.3) is 0 Å². The number of ether oxygens (including phenoxy) is 13. The summed E-state index contributed by atoms with van der Waals surface area (Å²) in [5, 5.41) is 17.0. The van der Waals surface area contributed by atoms with E-state index in [1.807, 2.05) is 132 Å². The average molecular weight is 2020 g/mol. The van der Waals surface area contributed by atoms with Crippen LogP contribution in [0, 0.1) is 35.0 Å². The van der Waals surface area contributed by atoms with Crippen molar-refractivity contribution < 1.29 is 124 Å². The van der Waals surface area contributed by atoms with Gasteiger partial charge in [0.05, 0.1) is 104 Å². The van der Waals surface area contributed by atoms with Gasteiger partial charge in [-0.05, 0) is 135 Å². The number of hydroxylamine groups is 1. The van der Waals surface area contributed by atoms with Gasteiger partial charge in [-0.3, -0.25) is 38.7 Å². The molecule has 35 heteroatoms. The first-order valence-electron chi connectivity index (χ1n) is 41.5. The third kappa shape index (κ3) is 32.6. The number of alkyl carbamates (subject to hydrolysis) is 1. The minimum absolute atomic E-state index is 0. The Hall–Kier alpha value is -10.8. The van der Waals surface area contributed by atoms with E-state index in [0.717, 1.165) is 62.4 Å². The molecule has 1 heterocycles. The molecule has 6 aromatic carbocycles. The number of hydrogen-bond donors (Lipinski definition) is 6. The largest absolute Gasteiger partial charge is 0.491 e. The van der Waals surface area contributed by atoms with E-state index in [4.69, 9.17) is 71.5 Å². The summed E-state index contributed by atoms with van der Waals surface area (Å²) in [5.41, 5.74) is 10.8. The molecule has 684 valence electrons. The summed E-state index contributed by atoms with van der Waals surface area (Å²) in [6, 6.07) is 44.2. The number of amides is 6. The average Bonchev–Trinajstić information content (AvgIpc) is 1.62. The predicted molar refractivity (Wildman–Crippen MR) is 460 cm³/mol. The van der Waals surface area contributed by atoms with E-state index < -0.39 is 79.9 Å². The number of nitrogens with one attached hydrogen (secondary N) is 4. The van der Waals surface area contributed by atoms with E-state index in [9.17, 15) is 52.6 Å². The number of ketones is 1. The predicted octanol–water partition coefficient (Wildman–Crippen LogP) is 10.3. The Labute approximate surface area is 726 Å². The van der Waals surface area contributed by atoms with Crippen molar-refractivity contribution in [1.29, 1.82) is 0 Å². The summed E-state index contributed by atoms with van der Waals surface area (Å²) in [5.74, 6) is -3.36. The summed E-state index contributed by atoms with van der Waals surface area (Å²) in [7, 11) is -2.49. The number of hydrogen-bond acceptors (Lipinski definition) is 25. The number of nitrogens with zero attached hydrogens (tertiary/aromatic N) is 2. The Kier molecular flexibility index (Phi) is 41.6. The van der Waals surface area contributed by atoms with Crippen molar-refractivity contribution in [3.8, 4) is 33.8 Å². The first kappa shape index (κ1) is 99.6. The number of rotatable bonds is 55. The Balaban J connectivity index is 0.0000194. The van der Waals surface area contributed by atoms with E-state index >= 15 is 0 Å². The number of fused-ring (bicyclic) bond motifs is 6. The van der Waals surface area contributed by atoms with Gasteiger partial charge in [0, 0.05) is 61.8 Å². The fourth-order valence-electron chi connectivity index (χ4n) is 14.5. The third-order valence-corrected chi connectivity index (χ3v) is 22.9. The number of carboxylic acids is 1. The molecule has 6 N–H and O–H groups in total. The van der Waals surface area contributed by atoms with Crippen LogP contribution in [0.4, 0.5) is 9.59 Å². The van der Waals surface area contributed by atoms with Gasteiger partial charge < -0.3 is 87.1 Å². The second kappa shape index (κ2) is 52.2. The van der Waals surface area contributed by atoms with Gasteiger partial charge in [-0.2, -0.15) is 16.8 Å². The normalized spacial score (nSPS) is 14.7. The molecular weight excluding hydrogens is 1900 g/mol. The van der Waals surface area contributed by atoms with E-state index in [1.165, 1.54) is 36.3 Å². The second-order valence-electron chi connectivity index (χ2n) is 31.1. The van der Waals surface area contributed by atoms with Gasteiger partial charge in [-0.15, -0.1) is 0 Å². The number of carboxylic acid groups (broad SMARTS) is 1. The van der Waals surface area contributed by atoms with Crippen LogP contribution in [0.15, 0.2) is 151 Å². The quantitative estimate of drug-likeness (QED) is 0.00393. The van der Waals surface area contributed by atoms with E-state index in [-0.39, 0.29) is 216 Å². The molecule has 0 radical (unpaired) electrons. The molecule has 125 heavy (non-hydrogen) atoms. The fraction of sp³-hybridized carbons (Fsp3) is 0.489. The van der Waals surface area contributed by atoms with Crippen molar-refractivity contribution in [3.63, 3.8) is 0 Å². The Morgan fingerprint density at radius 1 is 0.560 bits per heavy atom. The van der Waals surface area contributed by atoms with Crippen molar-refractivity contribution >= 4 is 78.5 Å². The van der Waals surface area contributed by atoms with Gasteiger partial charge in [-0.1, -0.05) is 132 Å². The molecule has 2 aliphatic carbocycles. The van der Waals surface area contributed by atoms with Crippen molar-refractivity contribution in [2.24, 2.45) is 40.0 Å². The van der Waals surface area contributed by atoms with E-state index in [1.54, 1.807) is 36.0 Å². The topological polar surface area (TPSA) is 404 Å². The molecule has 5 unspecified atom stereocenters. The molecular formula is C90H115FmN6O26PS. The SMILES string of the molecule is CONC(=O)C(C1CCSC1)C(CC(C)C)C(=O)CC(C(=O)NCCOCCOCCN(CCOCCOCC(=O)NCCOCCOc1ccc(C(=O)Oc2ccc(C(=NC(=O)OCC3c4ccccc4-c4ccccc43)NC(=O)OCC3c4ccccc4-c4ccccc43)cc2)cc1)C(=O)COCCOCP(=O)(O)COCCOCC(=O)O)C(C)(C)C.[Fm]. The van der Waals surface area contributed by atoms with Crippen molar-refractivity contribution in [2.75, 3.05) is 183 Å². The maximum absolute atomic E-state index is 14.3. The summed E-state index contributed by atoms with van der Waals surface area (Å²) >= 11 is 1.76.